The quantitative estimate of drug-likeness (QED) is 0.451. The molecule has 6 heterocycles. The summed E-state index contributed by atoms with van der Waals surface area (Å²) in [5, 5.41) is 4.38. The molecule has 1 fully saturated rings. The van der Waals surface area contributed by atoms with Crippen molar-refractivity contribution < 1.29 is 0 Å². The fourth-order valence-electron chi connectivity index (χ4n) is 4.79. The van der Waals surface area contributed by atoms with Gasteiger partial charge in [-0.15, -0.1) is 0 Å². The van der Waals surface area contributed by atoms with Crippen molar-refractivity contribution in [3.05, 3.63) is 47.5 Å². The highest BCUT2D eigenvalue weighted by Gasteiger charge is 2.27. The lowest BCUT2D eigenvalue weighted by atomic mass is 10.0. The minimum Gasteiger partial charge on any atom is -0.355 e. The number of pyridine rings is 1. The molecule has 0 saturated carbocycles. The van der Waals surface area contributed by atoms with Gasteiger partial charge in [-0.2, -0.15) is 5.10 Å². The molecule has 0 radical (unpaired) electrons. The number of anilines is 1. The number of rotatable bonds is 4. The molecule has 33 heavy (non-hydrogen) atoms. The Balaban J connectivity index is 1.31. The number of hydrogen-bond donors (Lipinski definition) is 1. The van der Waals surface area contributed by atoms with E-state index in [1.807, 2.05) is 45.4 Å². The Hall–Kier alpha value is -4.02. The zero-order valence-corrected chi connectivity index (χ0v) is 18.5. The molecule has 0 bridgehead atoms. The molecule has 0 aromatic carbocycles. The Morgan fingerprint density at radius 2 is 2.03 bits per heavy atom. The van der Waals surface area contributed by atoms with Crippen molar-refractivity contribution >= 4 is 28.1 Å². The first-order valence-electron chi connectivity index (χ1n) is 11.1. The van der Waals surface area contributed by atoms with Gasteiger partial charge in [0, 0.05) is 45.1 Å². The number of fused-ring (bicyclic) bond motifs is 2. The number of nitrogens with zero attached hydrogens (tertiary/aromatic N) is 9. The molecule has 5 aromatic heterocycles. The van der Waals surface area contributed by atoms with Gasteiger partial charge in [-0.3, -0.25) is 14.2 Å². The van der Waals surface area contributed by atoms with Crippen LogP contribution in [-0.2, 0) is 13.6 Å². The average molecular weight is 445 g/mol. The van der Waals surface area contributed by atoms with Crippen LogP contribution < -0.4 is 10.6 Å². The van der Waals surface area contributed by atoms with E-state index < -0.39 is 0 Å². The minimum absolute atomic E-state index is 0.103. The molecule has 1 N–H and O–H groups in total. The molecule has 11 heteroatoms. The van der Waals surface area contributed by atoms with E-state index in [0.717, 1.165) is 66.4 Å². The lowest BCUT2D eigenvalue weighted by molar-refractivity contribution is 0.395. The molecular weight excluding hydrogens is 420 g/mol. The number of piperidine rings is 1. The second-order valence-electron chi connectivity index (χ2n) is 8.34. The maximum absolute atomic E-state index is 12.6. The topological polar surface area (TPSA) is 115 Å². The molecule has 0 aliphatic carbocycles. The first-order valence-corrected chi connectivity index (χ1v) is 11.1. The highest BCUT2D eigenvalue weighted by Crippen LogP contribution is 2.31. The van der Waals surface area contributed by atoms with Crippen molar-refractivity contribution in [2.45, 2.75) is 32.4 Å². The molecule has 11 nitrogen and oxygen atoms in total. The summed E-state index contributed by atoms with van der Waals surface area (Å²) < 4.78 is 5.72. The van der Waals surface area contributed by atoms with Crippen LogP contribution in [0.1, 0.15) is 25.8 Å². The van der Waals surface area contributed by atoms with Gasteiger partial charge in [-0.1, -0.05) is 0 Å². The summed E-state index contributed by atoms with van der Waals surface area (Å²) in [6.45, 7) is 4.41. The smallest absolute Gasteiger partial charge is 0.327 e. The number of nitrogens with one attached hydrogen (secondary N) is 1. The van der Waals surface area contributed by atoms with E-state index in [9.17, 15) is 4.79 Å². The number of H-pyrrole nitrogens is 1. The summed E-state index contributed by atoms with van der Waals surface area (Å²) >= 11 is 0. The number of hydrogen-bond acceptors (Lipinski definition) is 7. The Morgan fingerprint density at radius 3 is 2.82 bits per heavy atom. The van der Waals surface area contributed by atoms with Gasteiger partial charge in [-0.05, 0) is 31.9 Å². The van der Waals surface area contributed by atoms with Gasteiger partial charge < -0.3 is 9.47 Å². The van der Waals surface area contributed by atoms with Crippen LogP contribution in [0.5, 0.6) is 0 Å². The molecule has 1 saturated heterocycles. The molecule has 1 aliphatic rings. The summed E-state index contributed by atoms with van der Waals surface area (Å²) in [6, 6.07) is 3.92. The maximum atomic E-state index is 12.6. The van der Waals surface area contributed by atoms with Crippen LogP contribution >= 0.6 is 0 Å². The van der Waals surface area contributed by atoms with Gasteiger partial charge in [0.1, 0.15) is 12.2 Å². The van der Waals surface area contributed by atoms with E-state index in [4.69, 9.17) is 4.98 Å². The van der Waals surface area contributed by atoms with Gasteiger partial charge in [0.2, 0.25) is 0 Å². The lowest BCUT2D eigenvalue weighted by Gasteiger charge is -2.33. The Bertz CT molecular complexity index is 1520. The first-order chi connectivity index (χ1) is 16.1. The maximum Gasteiger partial charge on any atom is 0.327 e. The molecule has 0 atom stereocenters. The van der Waals surface area contributed by atoms with Crippen molar-refractivity contribution in [1.82, 2.24) is 43.8 Å². The third-order valence-electron chi connectivity index (χ3n) is 6.47. The average Bonchev–Trinajstić information content (AvgIpc) is 3.54. The monoisotopic (exact) mass is 444 g/mol. The molecule has 0 unspecified atom stereocenters. The van der Waals surface area contributed by atoms with Crippen molar-refractivity contribution in [2.24, 2.45) is 7.05 Å². The third kappa shape index (κ3) is 3.11. The van der Waals surface area contributed by atoms with Crippen molar-refractivity contribution in [2.75, 3.05) is 18.0 Å². The molecule has 1 aliphatic heterocycles. The second kappa shape index (κ2) is 7.54. The van der Waals surface area contributed by atoms with Crippen molar-refractivity contribution in [3.63, 3.8) is 0 Å². The van der Waals surface area contributed by atoms with Crippen molar-refractivity contribution in [1.29, 1.82) is 0 Å². The van der Waals surface area contributed by atoms with Crippen LogP contribution in [0, 0.1) is 0 Å². The Kier molecular flexibility index (Phi) is 4.49. The lowest BCUT2D eigenvalue weighted by Crippen LogP contribution is -2.37. The third-order valence-corrected chi connectivity index (χ3v) is 6.47. The number of imidazole rings is 2. The summed E-state index contributed by atoms with van der Waals surface area (Å²) in [7, 11) is 1.97. The summed E-state index contributed by atoms with van der Waals surface area (Å²) in [4.78, 5) is 35.9. The van der Waals surface area contributed by atoms with Crippen LogP contribution in [-0.4, -0.2) is 56.9 Å². The normalized spacial score (nSPS) is 15.2. The van der Waals surface area contributed by atoms with Gasteiger partial charge in [0.25, 0.3) is 0 Å². The zero-order chi connectivity index (χ0) is 22.5. The summed E-state index contributed by atoms with van der Waals surface area (Å²) in [5.41, 5.74) is 3.91. The molecule has 6 rings (SSSR count). The molecule has 168 valence electrons. The molecule has 0 amide bonds. The SMILES string of the molecule is CCn1cc(-c2nc3c(N4CCC(n5c(=O)[nH]c6ncccc65)CC4)ncnc3n2C)cn1. The van der Waals surface area contributed by atoms with E-state index in [2.05, 4.69) is 36.9 Å². The fraction of sp³-hybridized carbons (Fsp3) is 0.364. The predicted octanol–water partition coefficient (Wildman–Crippen LogP) is 2.13. The highest BCUT2D eigenvalue weighted by molar-refractivity contribution is 5.86. The largest absolute Gasteiger partial charge is 0.355 e. The Labute approximate surface area is 188 Å². The first kappa shape index (κ1) is 19.6. The van der Waals surface area contributed by atoms with Crippen LogP contribution in [0.15, 0.2) is 41.8 Å². The summed E-state index contributed by atoms with van der Waals surface area (Å²) in [5.74, 6) is 1.65. The van der Waals surface area contributed by atoms with Crippen LogP contribution in [0.4, 0.5) is 5.82 Å². The van der Waals surface area contributed by atoms with Gasteiger partial charge >= 0.3 is 5.69 Å². The van der Waals surface area contributed by atoms with Gasteiger partial charge in [0.15, 0.2) is 22.6 Å². The second-order valence-corrected chi connectivity index (χ2v) is 8.34. The molecule has 5 aromatic rings. The number of aryl methyl sites for hydroxylation is 2. The van der Waals surface area contributed by atoms with Gasteiger partial charge in [0.05, 0.1) is 17.3 Å². The summed E-state index contributed by atoms with van der Waals surface area (Å²) in [6.07, 6.45) is 8.78. The molecular formula is C22H24N10O. The van der Waals surface area contributed by atoms with E-state index in [0.29, 0.717) is 5.65 Å². The van der Waals surface area contributed by atoms with E-state index in [-0.39, 0.29) is 11.7 Å². The zero-order valence-electron chi connectivity index (χ0n) is 18.5. The fourth-order valence-corrected chi connectivity index (χ4v) is 4.79. The minimum atomic E-state index is -0.103. The van der Waals surface area contributed by atoms with Crippen LogP contribution in [0.3, 0.4) is 0 Å². The van der Waals surface area contributed by atoms with E-state index in [1.54, 1.807) is 12.5 Å². The number of aromatic nitrogens is 9. The molecule has 0 spiro atoms. The predicted molar refractivity (Wildman–Crippen MR) is 124 cm³/mol. The Morgan fingerprint density at radius 1 is 1.18 bits per heavy atom. The number of aromatic amines is 1. The highest BCUT2D eigenvalue weighted by atomic mass is 16.1. The van der Waals surface area contributed by atoms with E-state index in [1.165, 1.54) is 0 Å². The van der Waals surface area contributed by atoms with Crippen molar-refractivity contribution in [3.8, 4) is 11.4 Å². The van der Waals surface area contributed by atoms with Crippen LogP contribution in [0.2, 0.25) is 0 Å². The van der Waals surface area contributed by atoms with E-state index >= 15 is 0 Å². The van der Waals surface area contributed by atoms with Gasteiger partial charge in [-0.25, -0.2) is 24.7 Å². The van der Waals surface area contributed by atoms with Crippen LogP contribution in [0.25, 0.3) is 33.7 Å². The standard InChI is InChI=1S/C22H24N10O/c1-3-31-12-14(11-26-31)19-27-17-20(29(19)2)24-13-25-21(17)30-9-6-15(7-10-30)32-16-5-4-8-23-18(16)28-22(32)33/h4-5,8,11-13,15H,3,6-7,9-10H2,1-2H3,(H,23,28,33).